The van der Waals surface area contributed by atoms with Gasteiger partial charge in [0.05, 0.1) is 17.5 Å². The lowest BCUT2D eigenvalue weighted by Crippen LogP contribution is -2.08. The monoisotopic (exact) mass is 238 g/mol. The molecule has 0 radical (unpaired) electrons. The lowest BCUT2D eigenvalue weighted by Gasteiger charge is -2.03. The van der Waals surface area contributed by atoms with Gasteiger partial charge in [-0.2, -0.15) is 5.26 Å². The average molecular weight is 238 g/mol. The molecule has 0 fully saturated rings. The van der Waals surface area contributed by atoms with Crippen LogP contribution in [0.1, 0.15) is 11.3 Å². The molecule has 0 aliphatic rings. The maximum atomic E-state index is 11.6. The maximum Gasteiger partial charge on any atom is 0.248 e. The zero-order valence-corrected chi connectivity index (χ0v) is 9.46. The summed E-state index contributed by atoms with van der Waals surface area (Å²) >= 11 is 0. The first-order valence-electron chi connectivity index (χ1n) is 5.31. The summed E-state index contributed by atoms with van der Waals surface area (Å²) in [6.07, 6.45) is 4.44. The van der Waals surface area contributed by atoms with Crippen molar-refractivity contribution in [1.29, 1.82) is 5.26 Å². The number of amides is 1. The molecule has 4 heteroatoms. The van der Waals surface area contributed by atoms with E-state index in [1.54, 1.807) is 42.5 Å². The van der Waals surface area contributed by atoms with Gasteiger partial charge in [-0.25, -0.2) is 0 Å². The summed E-state index contributed by atoms with van der Waals surface area (Å²) in [5, 5.41) is 11.5. The molecule has 1 amide bonds. The summed E-state index contributed by atoms with van der Waals surface area (Å²) in [5.41, 5.74) is 0.923. The summed E-state index contributed by atoms with van der Waals surface area (Å²) in [4.78, 5) is 11.6. The number of benzene rings is 1. The van der Waals surface area contributed by atoms with Crippen LogP contribution in [0, 0.1) is 11.3 Å². The van der Waals surface area contributed by atoms with Crippen molar-refractivity contribution in [3.05, 3.63) is 60.1 Å². The van der Waals surface area contributed by atoms with E-state index >= 15 is 0 Å². The van der Waals surface area contributed by atoms with Gasteiger partial charge in [-0.3, -0.25) is 4.79 Å². The first kappa shape index (κ1) is 11.7. The minimum Gasteiger partial charge on any atom is -0.465 e. The van der Waals surface area contributed by atoms with Gasteiger partial charge < -0.3 is 9.73 Å². The van der Waals surface area contributed by atoms with E-state index in [9.17, 15) is 4.79 Å². The van der Waals surface area contributed by atoms with Crippen molar-refractivity contribution < 1.29 is 9.21 Å². The average Bonchev–Trinajstić information content (AvgIpc) is 2.90. The number of nitriles is 1. The number of nitrogens with one attached hydrogen (secondary N) is 1. The molecule has 0 saturated carbocycles. The smallest absolute Gasteiger partial charge is 0.248 e. The maximum absolute atomic E-state index is 11.6. The minimum atomic E-state index is -0.311. The van der Waals surface area contributed by atoms with Crippen LogP contribution < -0.4 is 5.32 Å². The van der Waals surface area contributed by atoms with Gasteiger partial charge in [0.25, 0.3) is 0 Å². The molecule has 0 aliphatic carbocycles. The molecular formula is C14H10N2O2. The van der Waals surface area contributed by atoms with Crippen molar-refractivity contribution in [3.63, 3.8) is 0 Å². The fourth-order valence-corrected chi connectivity index (χ4v) is 1.41. The number of carbonyl (C=O) groups excluding carboxylic acids is 1. The highest BCUT2D eigenvalue weighted by Crippen LogP contribution is 2.13. The fourth-order valence-electron chi connectivity index (χ4n) is 1.41. The van der Waals surface area contributed by atoms with Crippen molar-refractivity contribution >= 4 is 17.7 Å². The quantitative estimate of drug-likeness (QED) is 0.836. The summed E-state index contributed by atoms with van der Waals surface area (Å²) in [6, 6.07) is 12.3. The van der Waals surface area contributed by atoms with Crippen LogP contribution in [0.4, 0.5) is 5.69 Å². The molecule has 0 bridgehead atoms. The van der Waals surface area contributed by atoms with E-state index in [1.165, 1.54) is 12.3 Å². The van der Waals surface area contributed by atoms with Crippen LogP contribution in [0.2, 0.25) is 0 Å². The zero-order chi connectivity index (χ0) is 12.8. The van der Waals surface area contributed by atoms with Crippen LogP contribution in [-0.4, -0.2) is 5.91 Å². The van der Waals surface area contributed by atoms with Gasteiger partial charge in [-0.05, 0) is 30.3 Å². The Morgan fingerprint density at radius 1 is 1.28 bits per heavy atom. The molecule has 88 valence electrons. The van der Waals surface area contributed by atoms with Crippen LogP contribution in [0.25, 0.3) is 6.08 Å². The molecule has 1 N–H and O–H groups in total. The highest BCUT2D eigenvalue weighted by molar-refractivity contribution is 6.02. The van der Waals surface area contributed by atoms with Crippen LogP contribution in [-0.2, 0) is 4.79 Å². The highest BCUT2D eigenvalue weighted by atomic mass is 16.3. The topological polar surface area (TPSA) is 66.0 Å². The molecule has 2 rings (SSSR count). The van der Waals surface area contributed by atoms with Gasteiger partial charge in [-0.15, -0.1) is 0 Å². The minimum absolute atomic E-state index is 0.311. The molecule has 0 aliphatic heterocycles. The Kier molecular flexibility index (Phi) is 3.57. The number of carbonyl (C=O) groups is 1. The van der Waals surface area contributed by atoms with Crippen molar-refractivity contribution in [2.45, 2.75) is 0 Å². The molecule has 18 heavy (non-hydrogen) atoms. The second kappa shape index (κ2) is 5.51. The molecule has 4 nitrogen and oxygen atoms in total. The second-order valence-corrected chi connectivity index (χ2v) is 3.50. The third kappa shape index (κ3) is 2.86. The number of hydrogen-bond acceptors (Lipinski definition) is 3. The Labute approximate surface area is 104 Å². The Morgan fingerprint density at radius 3 is 2.83 bits per heavy atom. The molecule has 0 saturated heterocycles. The number of rotatable bonds is 3. The van der Waals surface area contributed by atoms with Gasteiger partial charge in [0.1, 0.15) is 11.8 Å². The van der Waals surface area contributed by atoms with Gasteiger partial charge in [0.2, 0.25) is 5.91 Å². The Morgan fingerprint density at radius 2 is 2.11 bits per heavy atom. The Balaban J connectivity index is 2.06. The number of hydrogen-bond donors (Lipinski definition) is 1. The predicted molar refractivity (Wildman–Crippen MR) is 67.5 cm³/mol. The molecule has 0 spiro atoms. The van der Waals surface area contributed by atoms with Gasteiger partial charge >= 0.3 is 0 Å². The zero-order valence-electron chi connectivity index (χ0n) is 9.46. The van der Waals surface area contributed by atoms with Crippen LogP contribution in [0.3, 0.4) is 0 Å². The Hall–Kier alpha value is -2.80. The van der Waals surface area contributed by atoms with Crippen LogP contribution >= 0.6 is 0 Å². The lowest BCUT2D eigenvalue weighted by atomic mass is 10.2. The highest BCUT2D eigenvalue weighted by Gasteiger charge is 2.03. The summed E-state index contributed by atoms with van der Waals surface area (Å²) in [7, 11) is 0. The third-order valence-corrected chi connectivity index (χ3v) is 2.25. The van der Waals surface area contributed by atoms with Crippen molar-refractivity contribution in [2.24, 2.45) is 0 Å². The number of nitrogens with zero attached hydrogens (tertiary/aromatic N) is 1. The van der Waals surface area contributed by atoms with E-state index < -0.39 is 0 Å². The SMILES string of the molecule is N#Cc1ccccc1NC(=O)/C=C/c1ccco1. The van der Waals surface area contributed by atoms with E-state index in [0.717, 1.165) is 0 Å². The predicted octanol–water partition coefficient (Wildman–Crippen LogP) is 2.80. The van der Waals surface area contributed by atoms with E-state index in [0.29, 0.717) is 17.0 Å². The van der Waals surface area contributed by atoms with Gasteiger partial charge in [-0.1, -0.05) is 12.1 Å². The van der Waals surface area contributed by atoms with Crippen molar-refractivity contribution in [3.8, 4) is 6.07 Å². The Bertz CT molecular complexity index is 607. The fraction of sp³-hybridized carbons (Fsp3) is 0. The summed E-state index contributed by atoms with van der Waals surface area (Å²) in [6.45, 7) is 0. The van der Waals surface area contributed by atoms with E-state index in [1.807, 2.05) is 6.07 Å². The van der Waals surface area contributed by atoms with Gasteiger partial charge in [0, 0.05) is 6.08 Å². The first-order chi connectivity index (χ1) is 8.79. The standard InChI is InChI=1S/C14H10N2O2/c15-10-11-4-1-2-6-13(11)16-14(17)8-7-12-5-3-9-18-12/h1-9H,(H,16,17)/b8-7+. The molecule has 1 aromatic heterocycles. The molecule has 0 atom stereocenters. The molecular weight excluding hydrogens is 228 g/mol. The summed E-state index contributed by atoms with van der Waals surface area (Å²) in [5.74, 6) is 0.285. The van der Waals surface area contributed by atoms with Crippen LogP contribution in [0.15, 0.2) is 53.2 Å². The summed E-state index contributed by atoms with van der Waals surface area (Å²) < 4.78 is 5.06. The van der Waals surface area contributed by atoms with E-state index in [-0.39, 0.29) is 5.91 Å². The number of para-hydroxylation sites is 1. The largest absolute Gasteiger partial charge is 0.465 e. The lowest BCUT2D eigenvalue weighted by molar-refractivity contribution is -0.111. The molecule has 1 heterocycles. The second-order valence-electron chi connectivity index (χ2n) is 3.50. The first-order valence-corrected chi connectivity index (χ1v) is 5.31. The van der Waals surface area contributed by atoms with Crippen molar-refractivity contribution in [2.75, 3.05) is 5.32 Å². The number of furan rings is 1. The number of anilines is 1. The van der Waals surface area contributed by atoms with Crippen molar-refractivity contribution in [1.82, 2.24) is 0 Å². The van der Waals surface area contributed by atoms with E-state index in [4.69, 9.17) is 9.68 Å². The van der Waals surface area contributed by atoms with Crippen LogP contribution in [0.5, 0.6) is 0 Å². The van der Waals surface area contributed by atoms with E-state index in [2.05, 4.69) is 5.32 Å². The normalized spacial score (nSPS) is 10.2. The molecule has 0 unspecified atom stereocenters. The molecule has 2 aromatic rings. The molecule has 1 aromatic carbocycles. The third-order valence-electron chi connectivity index (χ3n) is 2.25. The van der Waals surface area contributed by atoms with Gasteiger partial charge in [0.15, 0.2) is 0 Å².